The fourth-order valence-electron chi connectivity index (χ4n) is 5.17. The normalized spacial score (nSPS) is 14.3. The third-order valence-corrected chi connectivity index (χ3v) is 8.70. The van der Waals surface area contributed by atoms with Crippen LogP contribution in [0.3, 0.4) is 0 Å². The van der Waals surface area contributed by atoms with E-state index >= 15 is 0 Å². The van der Waals surface area contributed by atoms with Crippen molar-refractivity contribution in [3.8, 4) is 0 Å². The predicted octanol–water partition coefficient (Wildman–Crippen LogP) is 9.68. The number of carbonyl (C=O) groups excluding carboxylic acids is 2. The molecule has 0 bridgehead atoms. The number of phosphoric ester groups is 1. The molecule has 0 radical (unpaired) electrons. The second kappa shape index (κ2) is 35.7. The second-order valence-electron chi connectivity index (χ2n) is 13.3. The van der Waals surface area contributed by atoms with Gasteiger partial charge in [-0.3, -0.25) is 14.1 Å². The third-order valence-electron chi connectivity index (χ3n) is 8.22. The predicted molar refractivity (Wildman–Crippen MR) is 209 cm³/mol. The molecule has 0 fully saturated rings. The van der Waals surface area contributed by atoms with Crippen molar-refractivity contribution in [3.63, 3.8) is 0 Å². The van der Waals surface area contributed by atoms with Crippen LogP contribution in [0.15, 0.2) is 60.8 Å². The van der Waals surface area contributed by atoms with Gasteiger partial charge in [-0.05, 0) is 57.8 Å². The summed E-state index contributed by atoms with van der Waals surface area (Å²) < 4.78 is 26.2. The molecule has 0 aliphatic heterocycles. The Labute approximate surface area is 314 Å². The molecule has 0 rings (SSSR count). The number of allylic oxidation sites excluding steroid dienone is 8. The number of ether oxygens (including phenoxy) is 2. The highest BCUT2D eigenvalue weighted by Gasteiger charge is 2.23. The van der Waals surface area contributed by atoms with E-state index in [4.69, 9.17) is 19.3 Å². The quantitative estimate of drug-likeness (QED) is 0.0161. The molecule has 0 unspecified atom stereocenters. The maximum absolute atomic E-state index is 12.4. The van der Waals surface area contributed by atoms with E-state index in [0.29, 0.717) is 25.7 Å². The summed E-state index contributed by atoms with van der Waals surface area (Å²) in [6, 6.07) is 0. The lowest BCUT2D eigenvalue weighted by Gasteiger charge is -2.18. The minimum atomic E-state index is -4.82. The van der Waals surface area contributed by atoms with E-state index in [2.05, 4.69) is 30.5 Å². The highest BCUT2D eigenvalue weighted by molar-refractivity contribution is 7.46. The molecule has 4 N–H and O–H groups in total. The van der Waals surface area contributed by atoms with Crippen LogP contribution in [0.1, 0.15) is 155 Å². The molecule has 0 aliphatic carbocycles. The lowest BCUT2D eigenvalue weighted by atomic mass is 10.1. The van der Waals surface area contributed by atoms with E-state index in [1.807, 2.05) is 30.4 Å². The number of aliphatic hydroxyl groups excluding tert-OH is 2. The second-order valence-corrected chi connectivity index (χ2v) is 14.5. The number of aliphatic hydroxyl groups is 2. The minimum Gasteiger partial charge on any atom is -0.462 e. The lowest BCUT2D eigenvalue weighted by molar-refractivity contribution is -0.161. The topological polar surface area (TPSA) is 160 Å². The molecule has 52 heavy (non-hydrogen) atoms. The molecule has 0 heterocycles. The molecule has 0 aromatic heterocycles. The molecule has 0 aliphatic rings. The first-order chi connectivity index (χ1) is 25.1. The summed E-state index contributed by atoms with van der Waals surface area (Å²) in [5.74, 6) is -1.13. The smallest absolute Gasteiger partial charge is 0.462 e. The first-order valence-electron chi connectivity index (χ1n) is 19.8. The van der Waals surface area contributed by atoms with Crippen LogP contribution in [-0.4, -0.2) is 63.5 Å². The number of unbranched alkanes of at least 4 members (excludes halogenated alkanes) is 13. The standard InChI is InChI=1S/C41H71O10P/c1-3-5-7-8-9-10-11-12-13-14-15-16-20-23-27-33-40(44)49-35-39(36-50-52(46,47)48)51-41(45)34-28-32-38(43)31-26-22-19-17-18-21-25-30-37(42)29-24-6-4-2/h12-13,18-19,21-22,25-26,30-31,37-39,42-43H,3-11,14-17,20,23-24,27-29,32-36H2,1-2H3,(H2,46,47,48)/b13-12-,21-18-,22-19-,30-25+,31-26+/t37-,38-,39-/m1/s1. The van der Waals surface area contributed by atoms with Crippen LogP contribution in [0.4, 0.5) is 0 Å². The molecule has 0 saturated carbocycles. The SMILES string of the molecule is CCCCCCCC/C=C\CCCCCCCC(=O)OC[C@H](COP(=O)(O)O)OC(=O)CCC[C@H](O)/C=C/C=C\C/C=C\C=C\[C@H](O)CCCCC. The average Bonchev–Trinajstić information content (AvgIpc) is 3.10. The highest BCUT2D eigenvalue weighted by Crippen LogP contribution is 2.36. The third kappa shape index (κ3) is 37.4. The molecule has 3 atom stereocenters. The Morgan fingerprint density at radius 2 is 1.10 bits per heavy atom. The first kappa shape index (κ1) is 49.7. The van der Waals surface area contributed by atoms with Crippen molar-refractivity contribution in [3.05, 3.63) is 60.8 Å². The van der Waals surface area contributed by atoms with E-state index in [1.165, 1.54) is 38.5 Å². The first-order valence-corrected chi connectivity index (χ1v) is 21.3. The van der Waals surface area contributed by atoms with Gasteiger partial charge in [0.2, 0.25) is 0 Å². The Morgan fingerprint density at radius 1 is 0.596 bits per heavy atom. The zero-order valence-electron chi connectivity index (χ0n) is 32.2. The van der Waals surface area contributed by atoms with Crippen molar-refractivity contribution in [1.82, 2.24) is 0 Å². The van der Waals surface area contributed by atoms with Gasteiger partial charge in [0.15, 0.2) is 6.10 Å². The number of rotatable bonds is 35. The van der Waals surface area contributed by atoms with Crippen LogP contribution in [-0.2, 0) is 28.2 Å². The van der Waals surface area contributed by atoms with E-state index in [-0.39, 0.29) is 19.4 Å². The fourth-order valence-corrected chi connectivity index (χ4v) is 5.53. The molecule has 0 aromatic carbocycles. The lowest BCUT2D eigenvalue weighted by Crippen LogP contribution is -2.29. The van der Waals surface area contributed by atoms with Gasteiger partial charge in [-0.15, -0.1) is 0 Å². The summed E-state index contributed by atoms with van der Waals surface area (Å²) in [7, 11) is -4.82. The maximum atomic E-state index is 12.4. The summed E-state index contributed by atoms with van der Waals surface area (Å²) in [6.07, 6.45) is 37.2. The number of hydrogen-bond donors (Lipinski definition) is 4. The largest absolute Gasteiger partial charge is 0.469 e. The van der Waals surface area contributed by atoms with E-state index < -0.39 is 44.7 Å². The molecule has 300 valence electrons. The monoisotopic (exact) mass is 754 g/mol. The van der Waals surface area contributed by atoms with Crippen LogP contribution in [0.25, 0.3) is 0 Å². The Balaban J connectivity index is 4.23. The highest BCUT2D eigenvalue weighted by atomic mass is 31.2. The van der Waals surface area contributed by atoms with Crippen LogP contribution in [0.2, 0.25) is 0 Å². The molecule has 0 saturated heterocycles. The van der Waals surface area contributed by atoms with Gasteiger partial charge < -0.3 is 29.5 Å². The fraction of sp³-hybridized carbons (Fsp3) is 0.707. The van der Waals surface area contributed by atoms with Gasteiger partial charge in [-0.25, -0.2) is 4.57 Å². The van der Waals surface area contributed by atoms with Crippen molar-refractivity contribution in [2.75, 3.05) is 13.2 Å². The summed E-state index contributed by atoms with van der Waals surface area (Å²) in [4.78, 5) is 42.8. The number of hydrogen-bond acceptors (Lipinski definition) is 8. The zero-order chi connectivity index (χ0) is 38.5. The van der Waals surface area contributed by atoms with Crippen molar-refractivity contribution in [2.24, 2.45) is 0 Å². The Bertz CT molecular complexity index is 1060. The zero-order valence-corrected chi connectivity index (χ0v) is 33.1. The molecule has 0 aromatic rings. The summed E-state index contributed by atoms with van der Waals surface area (Å²) >= 11 is 0. The van der Waals surface area contributed by atoms with Crippen LogP contribution < -0.4 is 0 Å². The maximum Gasteiger partial charge on any atom is 0.469 e. The van der Waals surface area contributed by atoms with Gasteiger partial charge in [0.1, 0.15) is 6.61 Å². The molecular formula is C41H71O10P. The number of carbonyl (C=O) groups is 2. The van der Waals surface area contributed by atoms with Crippen LogP contribution in [0.5, 0.6) is 0 Å². The Morgan fingerprint density at radius 3 is 1.67 bits per heavy atom. The van der Waals surface area contributed by atoms with Gasteiger partial charge in [0.25, 0.3) is 0 Å². The minimum absolute atomic E-state index is 0.0401. The van der Waals surface area contributed by atoms with Crippen molar-refractivity contribution in [1.29, 1.82) is 0 Å². The summed E-state index contributed by atoms with van der Waals surface area (Å²) in [5, 5.41) is 20.0. The van der Waals surface area contributed by atoms with E-state index in [0.717, 1.165) is 64.2 Å². The van der Waals surface area contributed by atoms with Crippen LogP contribution in [0, 0.1) is 0 Å². The van der Waals surface area contributed by atoms with Crippen molar-refractivity contribution >= 4 is 19.8 Å². The molecule has 0 amide bonds. The average molecular weight is 755 g/mol. The Hall–Kier alpha value is -2.33. The van der Waals surface area contributed by atoms with Gasteiger partial charge >= 0.3 is 19.8 Å². The van der Waals surface area contributed by atoms with Gasteiger partial charge in [-0.2, -0.15) is 0 Å². The van der Waals surface area contributed by atoms with E-state index in [1.54, 1.807) is 18.2 Å². The van der Waals surface area contributed by atoms with Gasteiger partial charge in [0.05, 0.1) is 18.8 Å². The number of phosphoric acid groups is 1. The molecular weight excluding hydrogens is 683 g/mol. The van der Waals surface area contributed by atoms with Crippen LogP contribution >= 0.6 is 7.82 Å². The molecule has 11 heteroatoms. The van der Waals surface area contributed by atoms with Gasteiger partial charge in [0, 0.05) is 12.8 Å². The summed E-state index contributed by atoms with van der Waals surface area (Å²) in [6.45, 7) is 3.37. The van der Waals surface area contributed by atoms with Gasteiger partial charge in [-0.1, -0.05) is 145 Å². The number of esters is 2. The summed E-state index contributed by atoms with van der Waals surface area (Å²) in [5.41, 5.74) is 0. The van der Waals surface area contributed by atoms with Crippen molar-refractivity contribution in [2.45, 2.75) is 173 Å². The molecule has 0 spiro atoms. The van der Waals surface area contributed by atoms with E-state index in [9.17, 15) is 24.4 Å². The molecule has 10 nitrogen and oxygen atoms in total. The van der Waals surface area contributed by atoms with Crippen molar-refractivity contribution < 1.29 is 48.2 Å². The Kier molecular flexibility index (Phi) is 34.1.